The lowest BCUT2D eigenvalue weighted by Crippen LogP contribution is -2.23. The van der Waals surface area contributed by atoms with E-state index < -0.39 is 15.1 Å². The summed E-state index contributed by atoms with van der Waals surface area (Å²) in [7, 11) is -3.35. The summed E-state index contributed by atoms with van der Waals surface area (Å²) in [5.41, 5.74) is 7.92. The van der Waals surface area contributed by atoms with E-state index in [2.05, 4.69) is 5.32 Å². The van der Waals surface area contributed by atoms with Gasteiger partial charge in [0.05, 0.1) is 15.9 Å². The number of carbonyl (C=O) groups excluding carboxylic acids is 1. The average Bonchev–Trinajstić information content (AvgIpc) is 2.58. The van der Waals surface area contributed by atoms with Crippen LogP contribution in [0.4, 0.5) is 11.4 Å². The molecule has 0 aliphatic rings. The summed E-state index contributed by atoms with van der Waals surface area (Å²) in [6.45, 7) is 5.47. The molecule has 0 aromatic heterocycles. The number of carbonyl (C=O) groups is 1. The number of nitrogen functional groups attached to an aromatic ring is 1. The SMILES string of the molecule is CCCS(=O)(=O)c1ccccc1SC(C)C(=O)Nc1cc(N)ccc1C. The molecule has 5 nitrogen and oxygen atoms in total. The molecule has 0 radical (unpaired) electrons. The van der Waals surface area contributed by atoms with Crippen molar-refractivity contribution in [3.63, 3.8) is 0 Å². The standard InChI is InChI=1S/C19H24N2O3S2/c1-4-11-26(23,24)18-8-6-5-7-17(18)25-14(3)19(22)21-16-12-15(20)10-9-13(16)2/h5-10,12,14H,4,11,20H2,1-3H3,(H,21,22). The molecule has 0 fully saturated rings. The molecule has 1 atom stereocenters. The minimum atomic E-state index is -3.35. The van der Waals surface area contributed by atoms with Gasteiger partial charge in [0.25, 0.3) is 0 Å². The van der Waals surface area contributed by atoms with Gasteiger partial charge in [0.2, 0.25) is 5.91 Å². The molecule has 0 saturated heterocycles. The van der Waals surface area contributed by atoms with Crippen LogP contribution in [-0.2, 0) is 14.6 Å². The van der Waals surface area contributed by atoms with E-state index in [0.717, 1.165) is 5.56 Å². The molecule has 0 saturated carbocycles. The molecule has 140 valence electrons. The molecule has 0 bridgehead atoms. The normalized spacial score (nSPS) is 12.6. The summed E-state index contributed by atoms with van der Waals surface area (Å²) in [6.07, 6.45) is 0.548. The number of hydrogen-bond donors (Lipinski definition) is 2. The molecule has 1 unspecified atom stereocenters. The number of hydrogen-bond acceptors (Lipinski definition) is 5. The molecule has 3 N–H and O–H groups in total. The van der Waals surface area contributed by atoms with Gasteiger partial charge in [-0.3, -0.25) is 4.79 Å². The van der Waals surface area contributed by atoms with Crippen LogP contribution in [0.15, 0.2) is 52.3 Å². The summed E-state index contributed by atoms with van der Waals surface area (Å²) in [6, 6.07) is 12.1. The van der Waals surface area contributed by atoms with Gasteiger partial charge in [-0.1, -0.05) is 25.1 Å². The highest BCUT2D eigenvalue weighted by molar-refractivity contribution is 8.01. The Morgan fingerprint density at radius 1 is 1.23 bits per heavy atom. The number of nitrogens with two attached hydrogens (primary N) is 1. The summed E-state index contributed by atoms with van der Waals surface area (Å²) in [5.74, 6) is -0.112. The van der Waals surface area contributed by atoms with Gasteiger partial charge in [-0.15, -0.1) is 11.8 Å². The van der Waals surface area contributed by atoms with Crippen molar-refractivity contribution in [1.82, 2.24) is 0 Å². The number of thioether (sulfide) groups is 1. The Morgan fingerprint density at radius 3 is 2.62 bits per heavy atom. The van der Waals surface area contributed by atoms with Crippen molar-refractivity contribution in [2.45, 2.75) is 42.2 Å². The highest BCUT2D eigenvalue weighted by Gasteiger charge is 2.22. The van der Waals surface area contributed by atoms with Crippen molar-refractivity contribution in [2.75, 3.05) is 16.8 Å². The maximum atomic E-state index is 12.5. The van der Waals surface area contributed by atoms with Gasteiger partial charge in [0.15, 0.2) is 9.84 Å². The molecule has 26 heavy (non-hydrogen) atoms. The lowest BCUT2D eigenvalue weighted by atomic mass is 10.2. The van der Waals surface area contributed by atoms with Crippen LogP contribution in [0.25, 0.3) is 0 Å². The van der Waals surface area contributed by atoms with Gasteiger partial charge >= 0.3 is 0 Å². The Hall–Kier alpha value is -1.99. The van der Waals surface area contributed by atoms with E-state index in [4.69, 9.17) is 5.73 Å². The maximum Gasteiger partial charge on any atom is 0.237 e. The first-order valence-electron chi connectivity index (χ1n) is 8.40. The topological polar surface area (TPSA) is 89.3 Å². The molecule has 0 spiro atoms. The van der Waals surface area contributed by atoms with E-state index in [1.807, 2.05) is 19.9 Å². The first-order chi connectivity index (χ1) is 12.2. The molecular formula is C19H24N2O3S2. The fraction of sp³-hybridized carbons (Fsp3) is 0.316. The van der Waals surface area contributed by atoms with Crippen LogP contribution in [0.1, 0.15) is 25.8 Å². The highest BCUT2D eigenvalue weighted by Crippen LogP contribution is 2.31. The molecule has 0 aliphatic heterocycles. The van der Waals surface area contributed by atoms with Gasteiger partial charge in [0.1, 0.15) is 0 Å². The Morgan fingerprint density at radius 2 is 1.92 bits per heavy atom. The lowest BCUT2D eigenvalue weighted by molar-refractivity contribution is -0.115. The fourth-order valence-electron chi connectivity index (χ4n) is 2.44. The van der Waals surface area contributed by atoms with Crippen LogP contribution >= 0.6 is 11.8 Å². The minimum absolute atomic E-state index is 0.0909. The first-order valence-corrected chi connectivity index (χ1v) is 10.9. The van der Waals surface area contributed by atoms with Crippen molar-refractivity contribution >= 4 is 38.9 Å². The zero-order valence-corrected chi connectivity index (χ0v) is 16.8. The van der Waals surface area contributed by atoms with Gasteiger partial charge in [-0.05, 0) is 50.1 Å². The van der Waals surface area contributed by atoms with E-state index in [0.29, 0.717) is 22.7 Å². The third-order valence-electron chi connectivity index (χ3n) is 3.85. The molecule has 2 aromatic rings. The van der Waals surface area contributed by atoms with Crippen LogP contribution < -0.4 is 11.1 Å². The molecule has 7 heteroatoms. The molecule has 0 aliphatic carbocycles. The molecule has 1 amide bonds. The summed E-state index contributed by atoms with van der Waals surface area (Å²) < 4.78 is 24.9. The van der Waals surface area contributed by atoms with Crippen LogP contribution in [0, 0.1) is 6.92 Å². The Kier molecular flexibility index (Phi) is 6.72. The second-order valence-electron chi connectivity index (χ2n) is 6.09. The number of amides is 1. The maximum absolute atomic E-state index is 12.5. The fourth-order valence-corrected chi connectivity index (χ4v) is 5.27. The first kappa shape index (κ1) is 20.3. The summed E-state index contributed by atoms with van der Waals surface area (Å²) in [5, 5.41) is 2.40. The minimum Gasteiger partial charge on any atom is -0.399 e. The molecule has 0 heterocycles. The molecule has 2 rings (SSSR count). The van der Waals surface area contributed by atoms with Gasteiger partial charge in [0, 0.05) is 16.3 Å². The van der Waals surface area contributed by atoms with Gasteiger partial charge in [-0.2, -0.15) is 0 Å². The quantitative estimate of drug-likeness (QED) is 0.551. The van der Waals surface area contributed by atoms with E-state index >= 15 is 0 Å². The summed E-state index contributed by atoms with van der Waals surface area (Å²) >= 11 is 1.24. The van der Waals surface area contributed by atoms with Crippen LogP contribution in [0.3, 0.4) is 0 Å². The van der Waals surface area contributed by atoms with Crippen LogP contribution in [0.2, 0.25) is 0 Å². The zero-order chi connectivity index (χ0) is 19.3. The number of nitrogens with one attached hydrogen (secondary N) is 1. The van der Waals surface area contributed by atoms with E-state index in [-0.39, 0.29) is 16.6 Å². The van der Waals surface area contributed by atoms with Gasteiger partial charge in [-0.25, -0.2) is 8.42 Å². The Balaban J connectivity index is 2.18. The predicted octanol–water partition coefficient (Wildman–Crippen LogP) is 3.88. The van der Waals surface area contributed by atoms with Crippen molar-refractivity contribution in [3.05, 3.63) is 48.0 Å². The predicted molar refractivity (Wildman–Crippen MR) is 108 cm³/mol. The molecular weight excluding hydrogens is 368 g/mol. The van der Waals surface area contributed by atoms with E-state index in [9.17, 15) is 13.2 Å². The van der Waals surface area contributed by atoms with Crippen molar-refractivity contribution in [1.29, 1.82) is 0 Å². The number of aryl methyl sites for hydroxylation is 1. The largest absolute Gasteiger partial charge is 0.399 e. The number of benzene rings is 2. The monoisotopic (exact) mass is 392 g/mol. The third-order valence-corrected chi connectivity index (χ3v) is 7.13. The van der Waals surface area contributed by atoms with Gasteiger partial charge < -0.3 is 11.1 Å². The zero-order valence-electron chi connectivity index (χ0n) is 15.2. The van der Waals surface area contributed by atoms with Crippen molar-refractivity contribution in [2.24, 2.45) is 0 Å². The highest BCUT2D eigenvalue weighted by atomic mass is 32.2. The lowest BCUT2D eigenvalue weighted by Gasteiger charge is -2.16. The van der Waals surface area contributed by atoms with E-state index in [1.54, 1.807) is 43.3 Å². The average molecular weight is 393 g/mol. The van der Waals surface area contributed by atoms with E-state index in [1.165, 1.54) is 11.8 Å². The third kappa shape index (κ3) is 5.02. The number of rotatable bonds is 7. The smallest absolute Gasteiger partial charge is 0.237 e. The molecule has 2 aromatic carbocycles. The number of sulfone groups is 1. The second-order valence-corrected chi connectivity index (χ2v) is 9.55. The van der Waals surface area contributed by atoms with Crippen molar-refractivity contribution in [3.8, 4) is 0 Å². The van der Waals surface area contributed by atoms with Crippen molar-refractivity contribution < 1.29 is 13.2 Å². The Labute approximate surface area is 159 Å². The summed E-state index contributed by atoms with van der Waals surface area (Å²) in [4.78, 5) is 13.4. The second kappa shape index (κ2) is 8.60. The number of anilines is 2. The van der Waals surface area contributed by atoms with Crippen LogP contribution in [0.5, 0.6) is 0 Å². The Bertz CT molecular complexity index is 895. The van der Waals surface area contributed by atoms with Crippen LogP contribution in [-0.4, -0.2) is 25.3 Å².